The molecule has 0 atom stereocenters. The van der Waals surface area contributed by atoms with Crippen LogP contribution in [0.1, 0.15) is 105 Å². The zero-order valence-electron chi connectivity index (χ0n) is 27.8. The highest BCUT2D eigenvalue weighted by Crippen LogP contribution is 2.41. The fourth-order valence-electron chi connectivity index (χ4n) is 4.80. The summed E-state index contributed by atoms with van der Waals surface area (Å²) < 4.78 is 0. The van der Waals surface area contributed by atoms with E-state index in [1.165, 1.54) is 22.3 Å². The van der Waals surface area contributed by atoms with Gasteiger partial charge >= 0.3 is 0 Å². The quantitative estimate of drug-likeness (QED) is 0.311. The van der Waals surface area contributed by atoms with Crippen molar-refractivity contribution >= 4 is 23.3 Å². The van der Waals surface area contributed by atoms with Gasteiger partial charge in [0.25, 0.3) is 0 Å². The summed E-state index contributed by atoms with van der Waals surface area (Å²) in [6.45, 7) is 27.1. The normalized spacial score (nSPS) is 13.3. The van der Waals surface area contributed by atoms with E-state index in [4.69, 9.17) is 9.98 Å². The maximum absolute atomic E-state index is 5.40. The average Bonchev–Trinajstić information content (AvgIpc) is 2.74. The molecule has 2 rings (SSSR count). The Hall–Kier alpha value is -2.82. The topological polar surface area (TPSA) is 43.2 Å². The van der Waals surface area contributed by atoms with Crippen LogP contribution in [0.4, 0.5) is 11.4 Å². The van der Waals surface area contributed by atoms with E-state index in [9.17, 15) is 0 Å². The summed E-state index contributed by atoms with van der Waals surface area (Å²) in [7, 11) is 8.07. The molecule has 0 saturated heterocycles. The number of nitrogens with one attached hydrogen (secondary N) is 1. The Kier molecular flexibility index (Phi) is 9.43. The minimum Gasteiger partial charge on any atom is -0.349 e. The lowest BCUT2D eigenvalue weighted by atomic mass is 9.78. The molecule has 0 unspecified atom stereocenters. The number of hydrogen-bond donors (Lipinski definition) is 1. The Labute approximate surface area is 239 Å². The van der Waals surface area contributed by atoms with Gasteiger partial charge in [-0.2, -0.15) is 4.99 Å². The first-order valence-electron chi connectivity index (χ1n) is 14.1. The molecule has 0 aromatic heterocycles. The molecule has 0 aliphatic rings. The minimum atomic E-state index is -0.0826. The fraction of sp³-hybridized carbons (Fsp3) is 0.588. The standard InChI is InChI=1S/C34H55N5/c1-31(2,3)23-19-17-20-24(32(4,5)6)27(23)35-29(37-30(38(13)14)39(15)16)36-28-25(33(7,8)9)21-18-22-26(28)34(10,11)12/h17-22H,1-16H3,(H,35,36). The number of guanidine groups is 2. The number of anilines is 1. The molecule has 39 heavy (non-hydrogen) atoms. The Morgan fingerprint density at radius 1 is 0.564 bits per heavy atom. The van der Waals surface area contributed by atoms with Crippen molar-refractivity contribution < 1.29 is 0 Å². The first-order chi connectivity index (χ1) is 17.5. The predicted molar refractivity (Wildman–Crippen MR) is 173 cm³/mol. The molecule has 5 nitrogen and oxygen atoms in total. The Balaban J connectivity index is 3.06. The van der Waals surface area contributed by atoms with Crippen LogP contribution in [-0.2, 0) is 21.7 Å². The van der Waals surface area contributed by atoms with Gasteiger partial charge in [-0.1, -0.05) is 119 Å². The van der Waals surface area contributed by atoms with Crippen molar-refractivity contribution in [1.82, 2.24) is 9.80 Å². The second-order valence-corrected chi connectivity index (χ2v) is 15.2. The van der Waals surface area contributed by atoms with Crippen LogP contribution < -0.4 is 5.32 Å². The molecule has 0 amide bonds. The van der Waals surface area contributed by atoms with Crippen molar-refractivity contribution in [2.24, 2.45) is 9.98 Å². The highest BCUT2D eigenvalue weighted by atomic mass is 15.4. The Bertz CT molecular complexity index is 1130. The predicted octanol–water partition coefficient (Wildman–Crippen LogP) is 8.46. The highest BCUT2D eigenvalue weighted by molar-refractivity contribution is 6.04. The van der Waals surface area contributed by atoms with Crippen LogP contribution in [0.5, 0.6) is 0 Å². The largest absolute Gasteiger partial charge is 0.349 e. The van der Waals surface area contributed by atoms with Crippen molar-refractivity contribution in [3.05, 3.63) is 58.7 Å². The van der Waals surface area contributed by atoms with Gasteiger partial charge in [0, 0.05) is 33.9 Å². The van der Waals surface area contributed by atoms with Crippen molar-refractivity contribution in [3.8, 4) is 0 Å². The van der Waals surface area contributed by atoms with Gasteiger partial charge in [0.05, 0.1) is 5.69 Å². The van der Waals surface area contributed by atoms with Crippen molar-refractivity contribution in [3.63, 3.8) is 0 Å². The molecule has 0 radical (unpaired) electrons. The van der Waals surface area contributed by atoms with Gasteiger partial charge in [0.1, 0.15) is 0 Å². The smallest absolute Gasteiger partial charge is 0.231 e. The molecule has 0 aliphatic carbocycles. The van der Waals surface area contributed by atoms with Crippen molar-refractivity contribution in [2.75, 3.05) is 33.5 Å². The monoisotopic (exact) mass is 533 g/mol. The summed E-state index contributed by atoms with van der Waals surface area (Å²) >= 11 is 0. The Morgan fingerprint density at radius 2 is 0.897 bits per heavy atom. The second-order valence-electron chi connectivity index (χ2n) is 15.2. The summed E-state index contributed by atoms with van der Waals surface area (Å²) in [6, 6.07) is 13.2. The SMILES string of the molecule is CN(C)C(=NC(=Nc1c(C(C)(C)C)cccc1C(C)(C)C)Nc1c(C(C)(C)C)cccc1C(C)(C)C)N(C)C. The van der Waals surface area contributed by atoms with Crippen LogP contribution in [-0.4, -0.2) is 49.9 Å². The zero-order valence-corrected chi connectivity index (χ0v) is 27.8. The van der Waals surface area contributed by atoms with E-state index in [0.717, 1.165) is 17.3 Å². The molecule has 0 aliphatic heterocycles. The van der Waals surface area contributed by atoms with Gasteiger partial charge in [-0.25, -0.2) is 4.99 Å². The van der Waals surface area contributed by atoms with Crippen LogP contribution in [0.25, 0.3) is 0 Å². The first-order valence-corrected chi connectivity index (χ1v) is 14.1. The first kappa shape index (κ1) is 32.4. The number of para-hydroxylation sites is 2. The molecule has 0 spiro atoms. The number of rotatable bonds is 2. The van der Waals surface area contributed by atoms with Gasteiger partial charge in [0.15, 0.2) is 0 Å². The van der Waals surface area contributed by atoms with E-state index in [0.29, 0.717) is 5.96 Å². The number of aliphatic imine (C=N–C) groups is 2. The molecule has 0 fully saturated rings. The van der Waals surface area contributed by atoms with E-state index < -0.39 is 0 Å². The van der Waals surface area contributed by atoms with Gasteiger partial charge in [-0.15, -0.1) is 0 Å². The molecular weight excluding hydrogens is 478 g/mol. The fourth-order valence-corrected chi connectivity index (χ4v) is 4.80. The third kappa shape index (κ3) is 8.09. The van der Waals surface area contributed by atoms with Crippen LogP contribution >= 0.6 is 0 Å². The third-order valence-corrected chi connectivity index (χ3v) is 6.79. The third-order valence-electron chi connectivity index (χ3n) is 6.79. The van der Waals surface area contributed by atoms with Gasteiger partial charge in [-0.05, 0) is 43.9 Å². The van der Waals surface area contributed by atoms with Crippen LogP contribution in [0.15, 0.2) is 46.4 Å². The van der Waals surface area contributed by atoms with E-state index in [1.54, 1.807) is 0 Å². The molecule has 0 saturated carbocycles. The van der Waals surface area contributed by atoms with Gasteiger partial charge < -0.3 is 15.1 Å². The molecule has 2 aromatic carbocycles. The van der Waals surface area contributed by atoms with Crippen LogP contribution in [0, 0.1) is 0 Å². The van der Waals surface area contributed by atoms with E-state index in [-0.39, 0.29) is 21.7 Å². The lowest BCUT2D eigenvalue weighted by molar-refractivity contribution is 0.485. The van der Waals surface area contributed by atoms with E-state index >= 15 is 0 Å². The maximum atomic E-state index is 5.40. The second kappa shape index (κ2) is 11.3. The molecule has 0 heterocycles. The van der Waals surface area contributed by atoms with Gasteiger partial charge in [-0.3, -0.25) is 0 Å². The maximum Gasteiger partial charge on any atom is 0.231 e. The van der Waals surface area contributed by atoms with E-state index in [2.05, 4.69) is 125 Å². The summed E-state index contributed by atoms with van der Waals surface area (Å²) in [4.78, 5) is 14.6. The number of benzene rings is 2. The summed E-state index contributed by atoms with van der Waals surface area (Å²) in [5.41, 5.74) is 6.69. The Morgan fingerprint density at radius 3 is 1.21 bits per heavy atom. The molecule has 5 heteroatoms. The number of nitrogens with zero attached hydrogens (tertiary/aromatic N) is 4. The lowest BCUT2D eigenvalue weighted by Gasteiger charge is -2.31. The molecule has 216 valence electrons. The summed E-state index contributed by atoms with van der Waals surface area (Å²) in [5, 5.41) is 3.78. The van der Waals surface area contributed by atoms with Crippen molar-refractivity contribution in [1.29, 1.82) is 0 Å². The number of hydrogen-bond acceptors (Lipinski definition) is 1. The highest BCUT2D eigenvalue weighted by Gasteiger charge is 2.28. The molecule has 1 N–H and O–H groups in total. The summed E-state index contributed by atoms with van der Waals surface area (Å²) in [6.07, 6.45) is 0. The minimum absolute atomic E-state index is 0.0652. The summed E-state index contributed by atoms with van der Waals surface area (Å²) in [5.74, 6) is 1.40. The van der Waals surface area contributed by atoms with Crippen LogP contribution in [0.3, 0.4) is 0 Å². The molecule has 0 bridgehead atoms. The molecular formula is C34H55N5. The average molecular weight is 534 g/mol. The zero-order chi connectivity index (χ0) is 30.1. The van der Waals surface area contributed by atoms with Crippen molar-refractivity contribution in [2.45, 2.75) is 105 Å². The van der Waals surface area contributed by atoms with E-state index in [1.807, 2.05) is 38.0 Å². The van der Waals surface area contributed by atoms with Crippen LogP contribution in [0.2, 0.25) is 0 Å². The lowest BCUT2D eigenvalue weighted by Crippen LogP contribution is -2.37. The molecule has 2 aromatic rings. The van der Waals surface area contributed by atoms with Gasteiger partial charge in [0.2, 0.25) is 11.9 Å².